The number of carbonyl (C=O) groups is 1. The van der Waals surface area contributed by atoms with E-state index in [9.17, 15) is 9.90 Å². The molecule has 0 bridgehead atoms. The van der Waals surface area contributed by atoms with Crippen molar-refractivity contribution in [2.24, 2.45) is 0 Å². The Hall–Kier alpha value is -0.570. The van der Waals surface area contributed by atoms with Crippen molar-refractivity contribution < 1.29 is 14.6 Å². The van der Waals surface area contributed by atoms with Crippen LogP contribution in [-0.4, -0.2) is 23.3 Å². The van der Waals surface area contributed by atoms with Gasteiger partial charge in [0.25, 0.3) is 0 Å². The summed E-state index contributed by atoms with van der Waals surface area (Å²) in [5.41, 5.74) is 0. The molecule has 3 nitrogen and oxygen atoms in total. The van der Waals surface area contributed by atoms with E-state index in [-0.39, 0.29) is 12.1 Å². The molecule has 0 aromatic carbocycles. The van der Waals surface area contributed by atoms with Crippen LogP contribution in [0.3, 0.4) is 0 Å². The van der Waals surface area contributed by atoms with Gasteiger partial charge in [0.1, 0.15) is 6.10 Å². The van der Waals surface area contributed by atoms with E-state index >= 15 is 0 Å². The van der Waals surface area contributed by atoms with Crippen molar-refractivity contribution >= 4 is 5.97 Å². The average Bonchev–Trinajstić information content (AvgIpc) is 2.16. The van der Waals surface area contributed by atoms with Gasteiger partial charge in [-0.15, -0.1) is 0 Å². The summed E-state index contributed by atoms with van der Waals surface area (Å²) >= 11 is 0. The van der Waals surface area contributed by atoms with E-state index < -0.39 is 6.10 Å². The number of hydrogen-bond donors (Lipinski definition) is 1. The molecule has 0 amide bonds. The molecule has 1 aliphatic carbocycles. The molecule has 0 unspecified atom stereocenters. The molecule has 70 valence electrons. The first-order valence-corrected chi connectivity index (χ1v) is 4.55. The predicted molar refractivity (Wildman–Crippen MR) is 44.6 cm³/mol. The molecular weight excluding hydrogens is 156 g/mol. The lowest BCUT2D eigenvalue weighted by Gasteiger charge is -2.19. The monoisotopic (exact) mass is 172 g/mol. The van der Waals surface area contributed by atoms with Gasteiger partial charge in [0.2, 0.25) is 0 Å². The van der Waals surface area contributed by atoms with Crippen LogP contribution in [0.15, 0.2) is 0 Å². The Morgan fingerprint density at radius 1 is 1.33 bits per heavy atom. The first-order valence-electron chi connectivity index (χ1n) is 4.55. The van der Waals surface area contributed by atoms with Crippen LogP contribution in [0.1, 0.15) is 39.0 Å². The Morgan fingerprint density at radius 2 is 2.00 bits per heavy atom. The minimum absolute atomic E-state index is 0.259. The number of aliphatic hydroxyl groups is 1. The summed E-state index contributed by atoms with van der Waals surface area (Å²) < 4.78 is 4.99. The lowest BCUT2D eigenvalue weighted by Crippen LogP contribution is -2.29. The van der Waals surface area contributed by atoms with Crippen LogP contribution in [0, 0.1) is 0 Å². The molecule has 1 saturated carbocycles. The number of ether oxygens (including phenoxy) is 1. The minimum Gasteiger partial charge on any atom is -0.460 e. The van der Waals surface area contributed by atoms with E-state index in [1.165, 1.54) is 6.92 Å². The van der Waals surface area contributed by atoms with E-state index in [1.54, 1.807) is 0 Å². The average molecular weight is 172 g/mol. The molecule has 0 aromatic rings. The summed E-state index contributed by atoms with van der Waals surface area (Å²) in [6, 6.07) is 0. The van der Waals surface area contributed by atoms with Gasteiger partial charge in [-0.1, -0.05) is 12.8 Å². The van der Waals surface area contributed by atoms with Gasteiger partial charge >= 0.3 is 5.97 Å². The minimum atomic E-state index is -0.448. The first kappa shape index (κ1) is 9.52. The molecule has 1 N–H and O–H groups in total. The number of esters is 1. The topological polar surface area (TPSA) is 46.5 Å². The fourth-order valence-corrected chi connectivity index (χ4v) is 1.60. The molecule has 1 fully saturated rings. The normalized spacial score (nSPS) is 30.8. The summed E-state index contributed by atoms with van der Waals surface area (Å²) in [4.78, 5) is 10.6. The zero-order valence-electron chi connectivity index (χ0n) is 7.45. The van der Waals surface area contributed by atoms with Crippen LogP contribution in [0.5, 0.6) is 0 Å². The summed E-state index contributed by atoms with van der Waals surface area (Å²) in [7, 11) is 0. The first-order chi connectivity index (χ1) is 5.70. The highest BCUT2D eigenvalue weighted by Crippen LogP contribution is 2.20. The molecule has 1 rings (SSSR count). The van der Waals surface area contributed by atoms with E-state index in [1.807, 2.05) is 0 Å². The maximum absolute atomic E-state index is 10.6. The second-order valence-electron chi connectivity index (χ2n) is 3.35. The van der Waals surface area contributed by atoms with Gasteiger partial charge < -0.3 is 9.84 Å². The SMILES string of the molecule is CC(=O)O[C@H]1CCCCC[C@@H]1O. The van der Waals surface area contributed by atoms with Crippen molar-refractivity contribution in [1.29, 1.82) is 0 Å². The van der Waals surface area contributed by atoms with Gasteiger partial charge in [0.15, 0.2) is 0 Å². The Labute approximate surface area is 72.7 Å². The lowest BCUT2D eigenvalue weighted by atomic mass is 10.1. The maximum Gasteiger partial charge on any atom is 0.302 e. The van der Waals surface area contributed by atoms with Crippen molar-refractivity contribution in [2.75, 3.05) is 0 Å². The predicted octanol–water partition coefficient (Wildman–Crippen LogP) is 1.24. The van der Waals surface area contributed by atoms with E-state index in [0.29, 0.717) is 0 Å². The summed E-state index contributed by atoms with van der Waals surface area (Å²) in [6.07, 6.45) is 4.09. The third kappa shape index (κ3) is 2.81. The number of aliphatic hydroxyl groups excluding tert-OH is 1. The molecular formula is C9H16O3. The fraction of sp³-hybridized carbons (Fsp3) is 0.889. The Morgan fingerprint density at radius 3 is 2.67 bits per heavy atom. The van der Waals surface area contributed by atoms with Gasteiger partial charge in [-0.05, 0) is 19.3 Å². The smallest absolute Gasteiger partial charge is 0.302 e. The van der Waals surface area contributed by atoms with Crippen LogP contribution in [0.4, 0.5) is 0 Å². The third-order valence-electron chi connectivity index (χ3n) is 2.24. The van der Waals surface area contributed by atoms with Crippen LogP contribution >= 0.6 is 0 Å². The van der Waals surface area contributed by atoms with Gasteiger partial charge in [-0.25, -0.2) is 0 Å². The van der Waals surface area contributed by atoms with Crippen LogP contribution in [0.25, 0.3) is 0 Å². The van der Waals surface area contributed by atoms with Crippen LogP contribution in [0.2, 0.25) is 0 Å². The zero-order chi connectivity index (χ0) is 8.97. The van der Waals surface area contributed by atoms with E-state index in [4.69, 9.17) is 4.74 Å². The Balaban J connectivity index is 2.41. The van der Waals surface area contributed by atoms with Crippen molar-refractivity contribution in [3.63, 3.8) is 0 Å². The molecule has 0 saturated heterocycles. The summed E-state index contributed by atoms with van der Waals surface area (Å²) in [5.74, 6) is -0.291. The molecule has 3 heteroatoms. The van der Waals surface area contributed by atoms with Crippen molar-refractivity contribution in [3.8, 4) is 0 Å². The third-order valence-corrected chi connectivity index (χ3v) is 2.24. The van der Waals surface area contributed by atoms with Crippen molar-refractivity contribution in [1.82, 2.24) is 0 Å². The van der Waals surface area contributed by atoms with Gasteiger partial charge in [0, 0.05) is 6.92 Å². The van der Waals surface area contributed by atoms with Crippen molar-refractivity contribution in [2.45, 2.75) is 51.2 Å². The highest BCUT2D eigenvalue weighted by molar-refractivity contribution is 5.66. The summed E-state index contributed by atoms with van der Waals surface area (Å²) in [6.45, 7) is 1.39. The molecule has 2 atom stereocenters. The van der Waals surface area contributed by atoms with Crippen LogP contribution < -0.4 is 0 Å². The molecule has 12 heavy (non-hydrogen) atoms. The Kier molecular flexibility index (Phi) is 3.53. The van der Waals surface area contributed by atoms with Gasteiger partial charge in [-0.2, -0.15) is 0 Å². The number of rotatable bonds is 1. The number of hydrogen-bond acceptors (Lipinski definition) is 3. The second-order valence-corrected chi connectivity index (χ2v) is 3.35. The molecule has 1 aliphatic rings. The van der Waals surface area contributed by atoms with Gasteiger partial charge in [-0.3, -0.25) is 4.79 Å². The molecule has 0 spiro atoms. The largest absolute Gasteiger partial charge is 0.460 e. The fourth-order valence-electron chi connectivity index (χ4n) is 1.60. The molecule has 0 aliphatic heterocycles. The molecule has 0 radical (unpaired) electrons. The van der Waals surface area contributed by atoms with Gasteiger partial charge in [0.05, 0.1) is 6.10 Å². The highest BCUT2D eigenvalue weighted by Gasteiger charge is 2.23. The highest BCUT2D eigenvalue weighted by atomic mass is 16.6. The molecule has 0 aromatic heterocycles. The van der Waals surface area contributed by atoms with Crippen LogP contribution in [-0.2, 0) is 9.53 Å². The lowest BCUT2D eigenvalue weighted by molar-refractivity contribution is -0.152. The molecule has 0 heterocycles. The zero-order valence-corrected chi connectivity index (χ0v) is 7.45. The quantitative estimate of drug-likeness (QED) is 0.478. The van der Waals surface area contributed by atoms with Crippen molar-refractivity contribution in [3.05, 3.63) is 0 Å². The van der Waals surface area contributed by atoms with E-state index in [2.05, 4.69) is 0 Å². The standard InChI is InChI=1S/C9H16O3/c1-7(10)12-9-6-4-2-3-5-8(9)11/h8-9,11H,2-6H2,1H3/t8-,9-/m0/s1. The number of carbonyl (C=O) groups excluding carboxylic acids is 1. The van der Waals surface area contributed by atoms with E-state index in [0.717, 1.165) is 32.1 Å². The maximum atomic E-state index is 10.6. The second kappa shape index (κ2) is 4.45. The summed E-state index contributed by atoms with van der Waals surface area (Å²) in [5, 5.41) is 9.52. The Bertz CT molecular complexity index is 156.